The number of amides is 4. The van der Waals surface area contributed by atoms with Gasteiger partial charge in [0.25, 0.3) is 0 Å². The number of hydrogen-bond acceptors (Lipinski definition) is 3. The summed E-state index contributed by atoms with van der Waals surface area (Å²) in [5.41, 5.74) is 7.16. The van der Waals surface area contributed by atoms with Gasteiger partial charge in [-0.2, -0.15) is 0 Å². The summed E-state index contributed by atoms with van der Waals surface area (Å²) in [4.78, 5) is 37.4. The molecule has 0 spiro atoms. The number of hydrogen-bond donors (Lipinski definition) is 3. The average molecular weight is 366 g/mol. The van der Waals surface area contributed by atoms with Crippen LogP contribution < -0.4 is 16.4 Å². The van der Waals surface area contributed by atoms with Crippen LogP contribution in [0.1, 0.15) is 35.3 Å². The maximum atomic E-state index is 12.4. The standard InChI is InChI=1S/C20H22N4O3/c1-13(14-5-3-2-4-6-14)24-12-17(11-18(24)25)23-20(27)22-16-9-7-15(8-10-16)19(21)26/h2-10,13,17H,11-12H2,1H3,(H2,21,26)(H2,22,23,27). The van der Waals surface area contributed by atoms with Gasteiger partial charge in [-0.3, -0.25) is 9.59 Å². The van der Waals surface area contributed by atoms with E-state index in [1.807, 2.05) is 37.3 Å². The largest absolute Gasteiger partial charge is 0.366 e. The van der Waals surface area contributed by atoms with Gasteiger partial charge in [0.05, 0.1) is 12.1 Å². The summed E-state index contributed by atoms with van der Waals surface area (Å²) in [5, 5.41) is 5.52. The molecule has 0 aromatic heterocycles. The zero-order valence-corrected chi connectivity index (χ0v) is 15.0. The zero-order chi connectivity index (χ0) is 19.4. The molecule has 2 aromatic rings. The van der Waals surface area contributed by atoms with Crippen LogP contribution in [0.4, 0.5) is 10.5 Å². The fraction of sp³-hybridized carbons (Fsp3) is 0.250. The van der Waals surface area contributed by atoms with Crippen molar-refractivity contribution in [3.63, 3.8) is 0 Å². The molecular formula is C20H22N4O3. The molecule has 7 heteroatoms. The third kappa shape index (κ3) is 4.44. The van der Waals surface area contributed by atoms with Crippen molar-refractivity contribution in [3.05, 3.63) is 65.7 Å². The summed E-state index contributed by atoms with van der Waals surface area (Å²) in [6, 6.07) is 15.4. The molecule has 7 nitrogen and oxygen atoms in total. The van der Waals surface area contributed by atoms with Gasteiger partial charge in [-0.05, 0) is 36.8 Å². The number of likely N-dealkylation sites (tertiary alicyclic amines) is 1. The minimum Gasteiger partial charge on any atom is -0.366 e. The number of rotatable bonds is 5. The molecule has 1 aliphatic heterocycles. The van der Waals surface area contributed by atoms with Gasteiger partial charge in [0.2, 0.25) is 11.8 Å². The summed E-state index contributed by atoms with van der Waals surface area (Å²) in [7, 11) is 0. The number of anilines is 1. The molecule has 1 aliphatic rings. The Balaban J connectivity index is 1.56. The van der Waals surface area contributed by atoms with Crippen LogP contribution in [-0.4, -0.2) is 35.3 Å². The molecule has 0 bridgehead atoms. The predicted octanol–water partition coefficient (Wildman–Crippen LogP) is 2.27. The molecule has 0 aliphatic carbocycles. The van der Waals surface area contributed by atoms with Gasteiger partial charge in [0, 0.05) is 24.2 Å². The second-order valence-corrected chi connectivity index (χ2v) is 6.57. The zero-order valence-electron chi connectivity index (χ0n) is 15.0. The summed E-state index contributed by atoms with van der Waals surface area (Å²) >= 11 is 0. The monoisotopic (exact) mass is 366 g/mol. The Morgan fingerprint density at radius 2 is 1.78 bits per heavy atom. The second kappa shape index (κ2) is 7.90. The molecule has 27 heavy (non-hydrogen) atoms. The maximum Gasteiger partial charge on any atom is 0.319 e. The Morgan fingerprint density at radius 1 is 1.11 bits per heavy atom. The van der Waals surface area contributed by atoms with Crippen molar-refractivity contribution in [2.75, 3.05) is 11.9 Å². The first kappa shape index (κ1) is 18.4. The van der Waals surface area contributed by atoms with Crippen LogP contribution in [0.15, 0.2) is 54.6 Å². The summed E-state index contributed by atoms with van der Waals surface area (Å²) in [5.74, 6) is -0.509. The summed E-state index contributed by atoms with van der Waals surface area (Å²) < 4.78 is 0. The fourth-order valence-corrected chi connectivity index (χ4v) is 3.18. The number of benzene rings is 2. The molecule has 2 unspecified atom stereocenters. The Labute approximate surface area is 157 Å². The van der Waals surface area contributed by atoms with Crippen LogP contribution >= 0.6 is 0 Å². The van der Waals surface area contributed by atoms with Crippen LogP contribution in [0.5, 0.6) is 0 Å². The average Bonchev–Trinajstić information content (AvgIpc) is 3.02. The highest BCUT2D eigenvalue weighted by Crippen LogP contribution is 2.25. The van der Waals surface area contributed by atoms with E-state index in [-0.39, 0.29) is 24.4 Å². The van der Waals surface area contributed by atoms with E-state index in [9.17, 15) is 14.4 Å². The van der Waals surface area contributed by atoms with Crippen molar-refractivity contribution in [1.82, 2.24) is 10.2 Å². The Bertz CT molecular complexity index is 836. The lowest BCUT2D eigenvalue weighted by molar-refractivity contribution is -0.129. The number of carbonyl (C=O) groups is 3. The number of urea groups is 1. The number of carbonyl (C=O) groups excluding carboxylic acids is 3. The van der Waals surface area contributed by atoms with E-state index in [0.29, 0.717) is 17.8 Å². The molecule has 2 aromatic carbocycles. The van der Waals surface area contributed by atoms with Crippen molar-refractivity contribution < 1.29 is 14.4 Å². The minimum absolute atomic E-state index is 0.0162. The van der Waals surface area contributed by atoms with Gasteiger partial charge in [0.15, 0.2) is 0 Å². The summed E-state index contributed by atoms with van der Waals surface area (Å²) in [6.07, 6.45) is 0.269. The second-order valence-electron chi connectivity index (χ2n) is 6.57. The van der Waals surface area contributed by atoms with E-state index in [2.05, 4.69) is 10.6 Å². The number of primary amides is 1. The normalized spacial score (nSPS) is 17.4. The van der Waals surface area contributed by atoms with Crippen LogP contribution in [0.3, 0.4) is 0 Å². The van der Waals surface area contributed by atoms with Gasteiger partial charge in [-0.1, -0.05) is 30.3 Å². The Hall–Kier alpha value is -3.35. The molecule has 1 heterocycles. The van der Waals surface area contributed by atoms with Crippen molar-refractivity contribution in [3.8, 4) is 0 Å². The Kier molecular flexibility index (Phi) is 5.40. The van der Waals surface area contributed by atoms with Crippen LogP contribution in [0.2, 0.25) is 0 Å². The first-order valence-corrected chi connectivity index (χ1v) is 8.76. The minimum atomic E-state index is -0.525. The molecule has 1 saturated heterocycles. The number of nitrogens with zero attached hydrogens (tertiary/aromatic N) is 1. The van der Waals surface area contributed by atoms with Gasteiger partial charge in [-0.15, -0.1) is 0 Å². The smallest absolute Gasteiger partial charge is 0.319 e. The Morgan fingerprint density at radius 3 is 2.41 bits per heavy atom. The quantitative estimate of drug-likeness (QED) is 0.756. The highest BCUT2D eigenvalue weighted by atomic mass is 16.2. The molecular weight excluding hydrogens is 344 g/mol. The van der Waals surface area contributed by atoms with Crippen LogP contribution in [0, 0.1) is 0 Å². The highest BCUT2D eigenvalue weighted by molar-refractivity contribution is 5.94. The van der Waals surface area contributed by atoms with Crippen LogP contribution in [0.25, 0.3) is 0 Å². The lowest BCUT2D eigenvalue weighted by Gasteiger charge is -2.25. The first-order chi connectivity index (χ1) is 12.9. The highest BCUT2D eigenvalue weighted by Gasteiger charge is 2.33. The lowest BCUT2D eigenvalue weighted by Crippen LogP contribution is -2.40. The van der Waals surface area contributed by atoms with Gasteiger partial charge < -0.3 is 21.3 Å². The van der Waals surface area contributed by atoms with E-state index in [4.69, 9.17) is 5.73 Å². The fourth-order valence-electron chi connectivity index (χ4n) is 3.18. The molecule has 2 atom stereocenters. The van der Waals surface area contributed by atoms with Crippen LogP contribution in [-0.2, 0) is 4.79 Å². The van der Waals surface area contributed by atoms with Gasteiger partial charge in [-0.25, -0.2) is 4.79 Å². The van der Waals surface area contributed by atoms with E-state index >= 15 is 0 Å². The van der Waals surface area contributed by atoms with E-state index < -0.39 is 11.9 Å². The topological polar surface area (TPSA) is 105 Å². The predicted molar refractivity (Wildman–Crippen MR) is 102 cm³/mol. The van der Waals surface area contributed by atoms with E-state index in [1.54, 1.807) is 29.2 Å². The maximum absolute atomic E-state index is 12.4. The van der Waals surface area contributed by atoms with E-state index in [1.165, 1.54) is 0 Å². The molecule has 4 N–H and O–H groups in total. The van der Waals surface area contributed by atoms with Crippen molar-refractivity contribution in [2.45, 2.75) is 25.4 Å². The van der Waals surface area contributed by atoms with Gasteiger partial charge >= 0.3 is 6.03 Å². The molecule has 4 amide bonds. The van der Waals surface area contributed by atoms with Crippen molar-refractivity contribution in [1.29, 1.82) is 0 Å². The SMILES string of the molecule is CC(c1ccccc1)N1CC(NC(=O)Nc2ccc(C(N)=O)cc2)CC1=O. The first-order valence-electron chi connectivity index (χ1n) is 8.76. The van der Waals surface area contributed by atoms with Crippen molar-refractivity contribution in [2.24, 2.45) is 5.73 Å². The molecule has 0 saturated carbocycles. The molecule has 1 fully saturated rings. The summed E-state index contributed by atoms with van der Waals surface area (Å²) in [6.45, 7) is 2.44. The number of nitrogens with one attached hydrogen (secondary N) is 2. The number of nitrogens with two attached hydrogens (primary N) is 1. The van der Waals surface area contributed by atoms with Gasteiger partial charge in [0.1, 0.15) is 0 Å². The van der Waals surface area contributed by atoms with Crippen molar-refractivity contribution >= 4 is 23.5 Å². The third-order valence-electron chi connectivity index (χ3n) is 4.67. The molecule has 0 radical (unpaired) electrons. The lowest BCUT2D eigenvalue weighted by atomic mass is 10.1. The molecule has 140 valence electrons. The molecule has 3 rings (SSSR count). The third-order valence-corrected chi connectivity index (χ3v) is 4.67. The van der Waals surface area contributed by atoms with E-state index in [0.717, 1.165) is 5.56 Å².